The zero-order chi connectivity index (χ0) is 11.0. The summed E-state index contributed by atoms with van der Waals surface area (Å²) in [4.78, 5) is 4.33. The molecule has 0 aliphatic carbocycles. The van der Waals surface area contributed by atoms with E-state index in [0.717, 1.165) is 13.1 Å². The molecule has 1 unspecified atom stereocenters. The van der Waals surface area contributed by atoms with Gasteiger partial charge in [-0.05, 0) is 19.0 Å². The molecule has 1 fully saturated rings. The smallest absolute Gasteiger partial charge is 0.230 e. The summed E-state index contributed by atoms with van der Waals surface area (Å²) in [6, 6.07) is 0. The van der Waals surface area contributed by atoms with Crippen LogP contribution in [0.4, 0.5) is 0 Å². The molecular weight excluding hydrogens is 208 g/mol. The van der Waals surface area contributed by atoms with Crippen LogP contribution in [0, 0.1) is 5.92 Å². The predicted octanol–water partition coefficient (Wildman–Crippen LogP) is 0.178. The second-order valence-corrected chi connectivity index (χ2v) is 4.02. The maximum atomic E-state index is 5.24. The Morgan fingerprint density at radius 2 is 2.38 bits per heavy atom. The lowest BCUT2D eigenvalue weighted by molar-refractivity contribution is 0.252. The average Bonchev–Trinajstić information content (AvgIpc) is 2.86. The van der Waals surface area contributed by atoms with Gasteiger partial charge in [-0.2, -0.15) is 20.4 Å². The Hall–Kier alpha value is -1.76. The van der Waals surface area contributed by atoms with E-state index in [2.05, 4.69) is 37.8 Å². The lowest BCUT2D eigenvalue weighted by Gasteiger charge is -2.30. The molecule has 7 heteroatoms. The van der Waals surface area contributed by atoms with Crippen molar-refractivity contribution in [1.82, 2.24) is 30.9 Å². The minimum atomic E-state index is 0.286. The average molecular weight is 220 g/mol. The topological polar surface area (TPSA) is 92.5 Å². The van der Waals surface area contributed by atoms with Crippen LogP contribution in [0.3, 0.4) is 0 Å². The summed E-state index contributed by atoms with van der Waals surface area (Å²) >= 11 is 0. The van der Waals surface area contributed by atoms with Gasteiger partial charge in [-0.15, -0.1) is 0 Å². The van der Waals surface area contributed by atoms with E-state index in [-0.39, 0.29) is 5.92 Å². The summed E-state index contributed by atoms with van der Waals surface area (Å²) < 4.78 is 5.24. The minimum absolute atomic E-state index is 0.286. The third kappa shape index (κ3) is 1.49. The molecule has 0 aromatic carbocycles. The van der Waals surface area contributed by atoms with E-state index in [1.165, 1.54) is 0 Å². The fraction of sp³-hybridized carbons (Fsp3) is 0.556. The predicted molar refractivity (Wildman–Crippen MR) is 54.4 cm³/mol. The van der Waals surface area contributed by atoms with Gasteiger partial charge in [0.25, 0.3) is 0 Å². The SMILES string of the molecule is CC(c1nc(-c2cn[nH]n2)no1)C1CNC1. The highest BCUT2D eigenvalue weighted by molar-refractivity contribution is 5.44. The number of nitrogens with one attached hydrogen (secondary N) is 2. The Labute approximate surface area is 91.6 Å². The van der Waals surface area contributed by atoms with Gasteiger partial charge in [0.05, 0.1) is 6.20 Å². The second kappa shape index (κ2) is 3.67. The number of nitrogens with zero attached hydrogens (tertiary/aromatic N) is 4. The Kier molecular flexibility index (Phi) is 2.17. The summed E-state index contributed by atoms with van der Waals surface area (Å²) in [5.41, 5.74) is 0.605. The summed E-state index contributed by atoms with van der Waals surface area (Å²) in [5.74, 6) is 2.03. The highest BCUT2D eigenvalue weighted by atomic mass is 16.5. The first kappa shape index (κ1) is 9.46. The second-order valence-electron chi connectivity index (χ2n) is 4.02. The first-order valence-electron chi connectivity index (χ1n) is 5.25. The molecule has 1 aliphatic heterocycles. The maximum Gasteiger partial charge on any atom is 0.230 e. The van der Waals surface area contributed by atoms with E-state index in [9.17, 15) is 0 Å². The van der Waals surface area contributed by atoms with Crippen molar-refractivity contribution in [2.45, 2.75) is 12.8 Å². The molecule has 3 rings (SSSR count). The van der Waals surface area contributed by atoms with Crippen molar-refractivity contribution >= 4 is 0 Å². The monoisotopic (exact) mass is 220 g/mol. The van der Waals surface area contributed by atoms with E-state index in [1.807, 2.05) is 0 Å². The van der Waals surface area contributed by atoms with Crippen LogP contribution in [0.5, 0.6) is 0 Å². The Morgan fingerprint density at radius 3 is 3.00 bits per heavy atom. The summed E-state index contributed by atoms with van der Waals surface area (Å²) in [6.45, 7) is 4.14. The molecule has 2 aromatic rings. The molecule has 0 saturated carbocycles. The van der Waals surface area contributed by atoms with Crippen LogP contribution >= 0.6 is 0 Å². The Morgan fingerprint density at radius 1 is 1.50 bits per heavy atom. The van der Waals surface area contributed by atoms with Crippen LogP contribution in [0.25, 0.3) is 11.5 Å². The maximum absolute atomic E-state index is 5.24. The van der Waals surface area contributed by atoms with Gasteiger partial charge in [-0.3, -0.25) is 0 Å². The third-order valence-electron chi connectivity index (χ3n) is 3.00. The van der Waals surface area contributed by atoms with Gasteiger partial charge in [-0.25, -0.2) is 0 Å². The van der Waals surface area contributed by atoms with Crippen molar-refractivity contribution in [3.05, 3.63) is 12.1 Å². The Bertz CT molecular complexity index is 460. The van der Waals surface area contributed by atoms with E-state index in [0.29, 0.717) is 23.3 Å². The van der Waals surface area contributed by atoms with Crippen molar-refractivity contribution < 1.29 is 4.52 Å². The van der Waals surface area contributed by atoms with E-state index in [1.54, 1.807) is 6.20 Å². The largest absolute Gasteiger partial charge is 0.339 e. The summed E-state index contributed by atoms with van der Waals surface area (Å²) in [7, 11) is 0. The van der Waals surface area contributed by atoms with Crippen LogP contribution in [-0.4, -0.2) is 38.6 Å². The van der Waals surface area contributed by atoms with Crippen LogP contribution in [0.15, 0.2) is 10.7 Å². The van der Waals surface area contributed by atoms with Crippen molar-refractivity contribution in [2.24, 2.45) is 5.92 Å². The molecule has 0 spiro atoms. The molecule has 16 heavy (non-hydrogen) atoms. The van der Waals surface area contributed by atoms with Crippen molar-refractivity contribution in [2.75, 3.05) is 13.1 Å². The molecule has 84 valence electrons. The fourth-order valence-electron chi connectivity index (χ4n) is 1.70. The lowest BCUT2D eigenvalue weighted by atomic mass is 9.89. The molecule has 2 aromatic heterocycles. The molecule has 1 aliphatic rings. The molecule has 0 bridgehead atoms. The quantitative estimate of drug-likeness (QED) is 0.766. The normalized spacial score (nSPS) is 18.3. The van der Waals surface area contributed by atoms with Crippen LogP contribution in [0.2, 0.25) is 0 Å². The van der Waals surface area contributed by atoms with Crippen molar-refractivity contribution in [1.29, 1.82) is 0 Å². The third-order valence-corrected chi connectivity index (χ3v) is 3.00. The number of hydrogen-bond acceptors (Lipinski definition) is 6. The van der Waals surface area contributed by atoms with Crippen LogP contribution < -0.4 is 5.32 Å². The molecule has 0 amide bonds. The molecule has 7 nitrogen and oxygen atoms in total. The van der Waals surface area contributed by atoms with Crippen LogP contribution in [0.1, 0.15) is 18.7 Å². The zero-order valence-electron chi connectivity index (χ0n) is 8.84. The van der Waals surface area contributed by atoms with Gasteiger partial charge in [0, 0.05) is 5.92 Å². The van der Waals surface area contributed by atoms with E-state index in [4.69, 9.17) is 4.52 Å². The number of H-pyrrole nitrogens is 1. The fourth-order valence-corrected chi connectivity index (χ4v) is 1.70. The molecule has 2 N–H and O–H groups in total. The highest BCUT2D eigenvalue weighted by Crippen LogP contribution is 2.26. The number of aromatic nitrogens is 5. The zero-order valence-corrected chi connectivity index (χ0v) is 8.84. The molecule has 1 atom stereocenters. The first-order valence-corrected chi connectivity index (χ1v) is 5.25. The van der Waals surface area contributed by atoms with Gasteiger partial charge < -0.3 is 9.84 Å². The minimum Gasteiger partial charge on any atom is -0.339 e. The standard InChI is InChI=1S/C9H12N6O/c1-5(6-2-10-3-6)9-12-8(14-16-9)7-4-11-15-13-7/h4-6,10H,2-3H2,1H3,(H,11,13,15). The van der Waals surface area contributed by atoms with Crippen molar-refractivity contribution in [3.63, 3.8) is 0 Å². The molecule has 1 saturated heterocycles. The highest BCUT2D eigenvalue weighted by Gasteiger charge is 2.29. The number of aromatic amines is 1. The van der Waals surface area contributed by atoms with Gasteiger partial charge in [0.1, 0.15) is 0 Å². The number of hydrogen-bond donors (Lipinski definition) is 2. The van der Waals surface area contributed by atoms with E-state index >= 15 is 0 Å². The number of rotatable bonds is 3. The van der Waals surface area contributed by atoms with Gasteiger partial charge in [0.15, 0.2) is 5.69 Å². The van der Waals surface area contributed by atoms with Gasteiger partial charge in [0.2, 0.25) is 11.7 Å². The molecule has 0 radical (unpaired) electrons. The van der Waals surface area contributed by atoms with Crippen molar-refractivity contribution in [3.8, 4) is 11.5 Å². The lowest BCUT2D eigenvalue weighted by Crippen LogP contribution is -2.44. The molecular formula is C9H12N6O. The molecule has 3 heterocycles. The summed E-state index contributed by atoms with van der Waals surface area (Å²) in [5, 5.41) is 17.3. The Balaban J connectivity index is 1.82. The first-order chi connectivity index (χ1) is 7.84. The summed E-state index contributed by atoms with van der Waals surface area (Å²) in [6.07, 6.45) is 1.57. The van der Waals surface area contributed by atoms with Gasteiger partial charge in [-0.1, -0.05) is 12.1 Å². The van der Waals surface area contributed by atoms with Gasteiger partial charge >= 0.3 is 0 Å². The van der Waals surface area contributed by atoms with Crippen LogP contribution in [-0.2, 0) is 0 Å². The van der Waals surface area contributed by atoms with E-state index < -0.39 is 0 Å².